The standard InChI is InChI=1S/C12H20O/c1-8(13)12(4-5-12)11-7-9-2-3-10(11)6-9/h8-11,13H,2-7H2,1H3. The lowest BCUT2D eigenvalue weighted by molar-refractivity contribution is 0.0463. The summed E-state index contributed by atoms with van der Waals surface area (Å²) in [5.74, 6) is 2.92. The lowest BCUT2D eigenvalue weighted by Gasteiger charge is -2.32. The van der Waals surface area contributed by atoms with Gasteiger partial charge in [0, 0.05) is 0 Å². The van der Waals surface area contributed by atoms with Crippen LogP contribution in [-0.2, 0) is 0 Å². The van der Waals surface area contributed by atoms with E-state index in [4.69, 9.17) is 0 Å². The van der Waals surface area contributed by atoms with E-state index in [1.807, 2.05) is 6.92 Å². The highest BCUT2D eigenvalue weighted by Gasteiger charge is 2.58. The van der Waals surface area contributed by atoms with Crippen molar-refractivity contribution in [2.75, 3.05) is 0 Å². The van der Waals surface area contributed by atoms with Crippen LogP contribution in [0.25, 0.3) is 0 Å². The van der Waals surface area contributed by atoms with Crippen LogP contribution >= 0.6 is 0 Å². The molecule has 0 aromatic carbocycles. The van der Waals surface area contributed by atoms with Crippen molar-refractivity contribution in [2.24, 2.45) is 23.2 Å². The monoisotopic (exact) mass is 180 g/mol. The predicted molar refractivity (Wildman–Crippen MR) is 52.3 cm³/mol. The normalized spacial score (nSPS) is 48.0. The average Bonchev–Trinajstić information content (AvgIpc) is 2.66. The van der Waals surface area contributed by atoms with E-state index in [1.54, 1.807) is 0 Å². The molecule has 74 valence electrons. The molecular weight excluding hydrogens is 160 g/mol. The lowest BCUT2D eigenvalue weighted by atomic mass is 9.74. The molecule has 1 nitrogen and oxygen atoms in total. The highest BCUT2D eigenvalue weighted by atomic mass is 16.3. The van der Waals surface area contributed by atoms with Gasteiger partial charge in [0.15, 0.2) is 0 Å². The van der Waals surface area contributed by atoms with E-state index in [1.165, 1.54) is 38.5 Å². The Hall–Kier alpha value is -0.0400. The van der Waals surface area contributed by atoms with Gasteiger partial charge in [0.2, 0.25) is 0 Å². The molecule has 0 radical (unpaired) electrons. The van der Waals surface area contributed by atoms with Crippen molar-refractivity contribution in [1.29, 1.82) is 0 Å². The second kappa shape index (κ2) is 2.50. The summed E-state index contributed by atoms with van der Waals surface area (Å²) in [4.78, 5) is 0. The zero-order valence-corrected chi connectivity index (χ0v) is 8.50. The minimum Gasteiger partial charge on any atom is -0.393 e. The van der Waals surface area contributed by atoms with Gasteiger partial charge >= 0.3 is 0 Å². The van der Waals surface area contributed by atoms with E-state index in [0.29, 0.717) is 5.41 Å². The van der Waals surface area contributed by atoms with Crippen LogP contribution < -0.4 is 0 Å². The van der Waals surface area contributed by atoms with Crippen LogP contribution in [0, 0.1) is 23.2 Å². The van der Waals surface area contributed by atoms with Crippen molar-refractivity contribution in [3.05, 3.63) is 0 Å². The molecule has 0 spiro atoms. The third-order valence-electron chi connectivity index (χ3n) is 5.14. The van der Waals surface area contributed by atoms with Gasteiger partial charge in [-0.15, -0.1) is 0 Å². The SMILES string of the molecule is CC(O)C1(C2CC3CCC2C3)CC1. The Kier molecular flexibility index (Phi) is 1.59. The van der Waals surface area contributed by atoms with Crippen LogP contribution in [0.4, 0.5) is 0 Å². The Morgan fingerprint density at radius 1 is 1.23 bits per heavy atom. The third-order valence-corrected chi connectivity index (χ3v) is 5.14. The molecule has 0 aliphatic heterocycles. The first-order chi connectivity index (χ1) is 6.22. The number of hydrogen-bond donors (Lipinski definition) is 1. The minimum atomic E-state index is -0.0446. The number of fused-ring (bicyclic) bond motifs is 2. The number of aliphatic hydroxyl groups is 1. The maximum atomic E-state index is 9.83. The quantitative estimate of drug-likeness (QED) is 0.692. The number of rotatable bonds is 2. The fourth-order valence-corrected chi connectivity index (χ4v) is 4.19. The van der Waals surface area contributed by atoms with Gasteiger partial charge < -0.3 is 5.11 Å². The van der Waals surface area contributed by atoms with Crippen LogP contribution in [0.15, 0.2) is 0 Å². The van der Waals surface area contributed by atoms with Crippen LogP contribution in [-0.4, -0.2) is 11.2 Å². The van der Waals surface area contributed by atoms with Crippen LogP contribution in [0.1, 0.15) is 45.4 Å². The van der Waals surface area contributed by atoms with E-state index < -0.39 is 0 Å². The van der Waals surface area contributed by atoms with Gasteiger partial charge in [-0.25, -0.2) is 0 Å². The van der Waals surface area contributed by atoms with E-state index in [-0.39, 0.29) is 6.10 Å². The van der Waals surface area contributed by atoms with E-state index in [0.717, 1.165) is 17.8 Å². The molecule has 3 aliphatic rings. The molecule has 1 N–H and O–H groups in total. The summed E-state index contributed by atoms with van der Waals surface area (Å²) >= 11 is 0. The maximum absolute atomic E-state index is 9.83. The van der Waals surface area contributed by atoms with Gasteiger partial charge in [-0.3, -0.25) is 0 Å². The van der Waals surface area contributed by atoms with Gasteiger partial charge in [-0.05, 0) is 62.2 Å². The molecule has 3 saturated carbocycles. The molecule has 0 aromatic heterocycles. The topological polar surface area (TPSA) is 20.2 Å². The maximum Gasteiger partial charge on any atom is 0.0571 e. The first-order valence-corrected chi connectivity index (χ1v) is 5.90. The molecule has 4 atom stereocenters. The predicted octanol–water partition coefficient (Wildman–Crippen LogP) is 2.58. The molecule has 3 aliphatic carbocycles. The van der Waals surface area contributed by atoms with E-state index in [2.05, 4.69) is 0 Å². The second-order valence-electron chi connectivity index (χ2n) is 5.69. The van der Waals surface area contributed by atoms with Crippen molar-refractivity contribution in [1.82, 2.24) is 0 Å². The summed E-state index contributed by atoms with van der Waals surface area (Å²) in [6, 6.07) is 0. The molecule has 3 rings (SSSR count). The Labute approximate surface area is 80.5 Å². The first kappa shape index (κ1) is 8.28. The molecule has 0 saturated heterocycles. The zero-order chi connectivity index (χ0) is 9.05. The minimum absolute atomic E-state index is 0.0446. The van der Waals surface area contributed by atoms with Crippen LogP contribution in [0.2, 0.25) is 0 Å². The third kappa shape index (κ3) is 1.03. The summed E-state index contributed by atoms with van der Waals surface area (Å²) in [5, 5.41) is 9.83. The smallest absolute Gasteiger partial charge is 0.0571 e. The molecule has 1 heteroatoms. The Balaban J connectivity index is 1.79. The first-order valence-electron chi connectivity index (χ1n) is 5.90. The molecule has 2 bridgehead atoms. The lowest BCUT2D eigenvalue weighted by Crippen LogP contribution is -2.31. The molecule has 3 fully saturated rings. The number of hydrogen-bond acceptors (Lipinski definition) is 1. The highest BCUT2D eigenvalue weighted by molar-refractivity contribution is 5.08. The summed E-state index contributed by atoms with van der Waals surface area (Å²) in [7, 11) is 0. The van der Waals surface area contributed by atoms with E-state index >= 15 is 0 Å². The molecule has 0 heterocycles. The summed E-state index contributed by atoms with van der Waals surface area (Å²) in [5.41, 5.74) is 0.389. The van der Waals surface area contributed by atoms with Gasteiger partial charge in [0.25, 0.3) is 0 Å². The van der Waals surface area contributed by atoms with Crippen molar-refractivity contribution in [2.45, 2.75) is 51.6 Å². The summed E-state index contributed by atoms with van der Waals surface area (Å²) in [6.07, 6.45) is 8.43. The van der Waals surface area contributed by atoms with Crippen molar-refractivity contribution in [3.63, 3.8) is 0 Å². The Morgan fingerprint density at radius 2 is 2.00 bits per heavy atom. The molecule has 4 unspecified atom stereocenters. The van der Waals surface area contributed by atoms with Gasteiger partial charge in [-0.2, -0.15) is 0 Å². The van der Waals surface area contributed by atoms with E-state index in [9.17, 15) is 5.11 Å². The molecule has 0 amide bonds. The van der Waals surface area contributed by atoms with Gasteiger partial charge in [-0.1, -0.05) is 6.42 Å². The Morgan fingerprint density at radius 3 is 2.38 bits per heavy atom. The number of aliphatic hydroxyl groups excluding tert-OH is 1. The fraction of sp³-hybridized carbons (Fsp3) is 1.00. The molecule has 0 aromatic rings. The summed E-state index contributed by atoms with van der Waals surface area (Å²) in [6.45, 7) is 2.01. The fourth-order valence-electron chi connectivity index (χ4n) is 4.19. The largest absolute Gasteiger partial charge is 0.393 e. The Bertz CT molecular complexity index is 217. The second-order valence-corrected chi connectivity index (χ2v) is 5.69. The van der Waals surface area contributed by atoms with Crippen LogP contribution in [0.3, 0.4) is 0 Å². The van der Waals surface area contributed by atoms with Crippen molar-refractivity contribution in [3.8, 4) is 0 Å². The zero-order valence-electron chi connectivity index (χ0n) is 8.50. The highest BCUT2D eigenvalue weighted by Crippen LogP contribution is 2.65. The van der Waals surface area contributed by atoms with Crippen molar-refractivity contribution < 1.29 is 5.11 Å². The summed E-state index contributed by atoms with van der Waals surface area (Å²) < 4.78 is 0. The van der Waals surface area contributed by atoms with Gasteiger partial charge in [0.1, 0.15) is 0 Å². The average molecular weight is 180 g/mol. The molecule has 13 heavy (non-hydrogen) atoms. The van der Waals surface area contributed by atoms with Crippen molar-refractivity contribution >= 4 is 0 Å². The van der Waals surface area contributed by atoms with Gasteiger partial charge in [0.05, 0.1) is 6.10 Å². The molecular formula is C12H20O. The van der Waals surface area contributed by atoms with Crippen LogP contribution in [0.5, 0.6) is 0 Å².